The molecule has 0 aliphatic heterocycles. The standard InChI is InChI=1S/C18H22FN3/c1-2-20-18(22-14-15-8-4-3-5-9-15)21-13-12-16-10-6-7-11-17(16)19/h3-11H,2,12-14H2,1H3,(H2,20,21,22). The first-order chi connectivity index (χ1) is 10.8. The van der Waals surface area contributed by atoms with Crippen molar-refractivity contribution in [3.8, 4) is 0 Å². The third kappa shape index (κ3) is 5.20. The first-order valence-corrected chi connectivity index (χ1v) is 7.59. The SMILES string of the molecule is CCNC(=NCc1ccccc1)NCCc1ccccc1F. The lowest BCUT2D eigenvalue weighted by atomic mass is 10.1. The molecule has 0 heterocycles. The van der Waals surface area contributed by atoms with Crippen LogP contribution in [-0.2, 0) is 13.0 Å². The molecule has 2 N–H and O–H groups in total. The molecule has 0 spiro atoms. The quantitative estimate of drug-likeness (QED) is 0.635. The van der Waals surface area contributed by atoms with Crippen molar-refractivity contribution in [2.45, 2.75) is 19.9 Å². The molecular weight excluding hydrogens is 277 g/mol. The molecule has 3 nitrogen and oxygen atoms in total. The van der Waals surface area contributed by atoms with Crippen molar-refractivity contribution in [1.29, 1.82) is 0 Å². The highest BCUT2D eigenvalue weighted by Crippen LogP contribution is 2.06. The monoisotopic (exact) mass is 299 g/mol. The second-order valence-electron chi connectivity index (χ2n) is 4.95. The summed E-state index contributed by atoms with van der Waals surface area (Å²) < 4.78 is 13.6. The Labute approximate surface area is 131 Å². The van der Waals surface area contributed by atoms with Crippen molar-refractivity contribution in [2.24, 2.45) is 4.99 Å². The minimum absolute atomic E-state index is 0.157. The van der Waals surface area contributed by atoms with Gasteiger partial charge in [-0.1, -0.05) is 48.5 Å². The first kappa shape index (κ1) is 16.0. The molecule has 0 unspecified atom stereocenters. The number of hydrogen-bond donors (Lipinski definition) is 2. The molecule has 0 atom stereocenters. The van der Waals surface area contributed by atoms with E-state index in [9.17, 15) is 4.39 Å². The van der Waals surface area contributed by atoms with Crippen LogP contribution in [0, 0.1) is 5.82 Å². The second kappa shape index (κ2) is 8.82. The van der Waals surface area contributed by atoms with Crippen molar-refractivity contribution in [2.75, 3.05) is 13.1 Å². The van der Waals surface area contributed by atoms with Gasteiger partial charge in [-0.15, -0.1) is 0 Å². The number of rotatable bonds is 6. The molecule has 0 amide bonds. The molecule has 0 aliphatic carbocycles. The van der Waals surface area contributed by atoms with Gasteiger partial charge in [-0.2, -0.15) is 0 Å². The number of guanidine groups is 1. The average molecular weight is 299 g/mol. The zero-order valence-corrected chi connectivity index (χ0v) is 12.8. The topological polar surface area (TPSA) is 36.4 Å². The van der Waals surface area contributed by atoms with Crippen LogP contribution in [-0.4, -0.2) is 19.0 Å². The van der Waals surface area contributed by atoms with E-state index in [1.807, 2.05) is 49.4 Å². The highest BCUT2D eigenvalue weighted by Gasteiger charge is 2.01. The lowest BCUT2D eigenvalue weighted by Gasteiger charge is -2.11. The Morgan fingerprint density at radius 2 is 1.73 bits per heavy atom. The highest BCUT2D eigenvalue weighted by atomic mass is 19.1. The van der Waals surface area contributed by atoms with Crippen LogP contribution in [0.15, 0.2) is 59.6 Å². The Balaban J connectivity index is 1.87. The van der Waals surface area contributed by atoms with Crippen molar-refractivity contribution in [3.63, 3.8) is 0 Å². The number of hydrogen-bond acceptors (Lipinski definition) is 1. The van der Waals surface area contributed by atoms with Gasteiger partial charge in [0.15, 0.2) is 5.96 Å². The maximum atomic E-state index is 13.6. The third-order valence-corrected chi connectivity index (χ3v) is 3.25. The number of aliphatic imine (C=N–C) groups is 1. The molecule has 0 bridgehead atoms. The van der Waals surface area contributed by atoms with E-state index in [-0.39, 0.29) is 5.82 Å². The van der Waals surface area contributed by atoms with Gasteiger partial charge >= 0.3 is 0 Å². The van der Waals surface area contributed by atoms with Gasteiger partial charge in [0.1, 0.15) is 5.82 Å². The summed E-state index contributed by atoms with van der Waals surface area (Å²) in [5.41, 5.74) is 1.88. The van der Waals surface area contributed by atoms with Crippen LogP contribution in [0.1, 0.15) is 18.1 Å². The predicted octanol–water partition coefficient (Wildman–Crippen LogP) is 3.12. The molecule has 4 heteroatoms. The molecule has 2 aromatic carbocycles. The van der Waals surface area contributed by atoms with Gasteiger partial charge in [0, 0.05) is 13.1 Å². The fourth-order valence-corrected chi connectivity index (χ4v) is 2.11. The first-order valence-electron chi connectivity index (χ1n) is 7.59. The largest absolute Gasteiger partial charge is 0.357 e. The van der Waals surface area contributed by atoms with Gasteiger partial charge in [0.05, 0.1) is 6.54 Å². The number of halogens is 1. The lowest BCUT2D eigenvalue weighted by Crippen LogP contribution is -2.38. The van der Waals surface area contributed by atoms with E-state index in [4.69, 9.17) is 0 Å². The molecule has 116 valence electrons. The smallest absolute Gasteiger partial charge is 0.191 e. The van der Waals surface area contributed by atoms with Crippen LogP contribution in [0.3, 0.4) is 0 Å². The number of nitrogens with one attached hydrogen (secondary N) is 2. The molecule has 0 radical (unpaired) electrons. The minimum Gasteiger partial charge on any atom is -0.357 e. The van der Waals surface area contributed by atoms with Crippen molar-refractivity contribution < 1.29 is 4.39 Å². The average Bonchev–Trinajstić information content (AvgIpc) is 2.55. The van der Waals surface area contributed by atoms with Gasteiger partial charge < -0.3 is 10.6 Å². The molecule has 22 heavy (non-hydrogen) atoms. The zero-order valence-electron chi connectivity index (χ0n) is 12.8. The van der Waals surface area contributed by atoms with Gasteiger partial charge in [-0.25, -0.2) is 9.38 Å². The van der Waals surface area contributed by atoms with Crippen LogP contribution < -0.4 is 10.6 Å². The fourth-order valence-electron chi connectivity index (χ4n) is 2.11. The van der Waals surface area contributed by atoms with Gasteiger partial charge in [-0.05, 0) is 30.5 Å². The fraction of sp³-hybridized carbons (Fsp3) is 0.278. The van der Waals surface area contributed by atoms with E-state index in [2.05, 4.69) is 15.6 Å². The molecule has 0 saturated carbocycles. The maximum Gasteiger partial charge on any atom is 0.191 e. The van der Waals surface area contributed by atoms with Crippen LogP contribution in [0.2, 0.25) is 0 Å². The summed E-state index contributed by atoms with van der Waals surface area (Å²) >= 11 is 0. The van der Waals surface area contributed by atoms with Crippen molar-refractivity contribution in [1.82, 2.24) is 10.6 Å². The Morgan fingerprint density at radius 1 is 1.00 bits per heavy atom. The molecule has 0 aliphatic rings. The van der Waals surface area contributed by atoms with Crippen LogP contribution in [0.25, 0.3) is 0 Å². The summed E-state index contributed by atoms with van der Waals surface area (Å²) in [5, 5.41) is 6.44. The normalized spacial score (nSPS) is 11.3. The summed E-state index contributed by atoms with van der Waals surface area (Å²) in [6.45, 7) is 4.08. The Kier molecular flexibility index (Phi) is 6.42. The van der Waals surface area contributed by atoms with E-state index >= 15 is 0 Å². The van der Waals surface area contributed by atoms with Gasteiger partial charge in [0.25, 0.3) is 0 Å². The van der Waals surface area contributed by atoms with E-state index in [1.54, 1.807) is 6.07 Å². The predicted molar refractivity (Wildman–Crippen MR) is 89.4 cm³/mol. The van der Waals surface area contributed by atoms with E-state index in [0.717, 1.165) is 18.1 Å². The van der Waals surface area contributed by atoms with Crippen LogP contribution in [0.4, 0.5) is 4.39 Å². The van der Waals surface area contributed by atoms with Crippen molar-refractivity contribution in [3.05, 3.63) is 71.5 Å². The maximum absolute atomic E-state index is 13.6. The van der Waals surface area contributed by atoms with Crippen LogP contribution >= 0.6 is 0 Å². The molecule has 2 aromatic rings. The zero-order chi connectivity index (χ0) is 15.6. The Morgan fingerprint density at radius 3 is 2.45 bits per heavy atom. The molecule has 2 rings (SSSR count). The minimum atomic E-state index is -0.157. The van der Waals surface area contributed by atoms with Crippen LogP contribution in [0.5, 0.6) is 0 Å². The number of benzene rings is 2. The lowest BCUT2D eigenvalue weighted by molar-refractivity contribution is 0.606. The summed E-state index contributed by atoms with van der Waals surface area (Å²) in [5.74, 6) is 0.596. The summed E-state index contributed by atoms with van der Waals surface area (Å²) in [6.07, 6.45) is 0.627. The Bertz CT molecular complexity index is 596. The van der Waals surface area contributed by atoms with E-state index < -0.39 is 0 Å². The second-order valence-corrected chi connectivity index (χ2v) is 4.95. The summed E-state index contributed by atoms with van der Waals surface area (Å²) in [7, 11) is 0. The summed E-state index contributed by atoms with van der Waals surface area (Å²) in [4.78, 5) is 4.54. The molecule has 0 aromatic heterocycles. The third-order valence-electron chi connectivity index (χ3n) is 3.25. The summed E-state index contributed by atoms with van der Waals surface area (Å²) in [6, 6.07) is 17.0. The molecular formula is C18H22FN3. The highest BCUT2D eigenvalue weighted by molar-refractivity contribution is 5.79. The Hall–Kier alpha value is -2.36. The van der Waals surface area contributed by atoms with E-state index in [1.165, 1.54) is 6.07 Å². The van der Waals surface area contributed by atoms with Gasteiger partial charge in [0.2, 0.25) is 0 Å². The molecule has 0 fully saturated rings. The number of nitrogens with zero attached hydrogens (tertiary/aromatic N) is 1. The van der Waals surface area contributed by atoms with Gasteiger partial charge in [-0.3, -0.25) is 0 Å². The van der Waals surface area contributed by atoms with Crippen molar-refractivity contribution >= 4 is 5.96 Å². The van der Waals surface area contributed by atoms with E-state index in [0.29, 0.717) is 25.1 Å². The molecule has 0 saturated heterocycles.